The van der Waals surface area contributed by atoms with Gasteiger partial charge in [0.2, 0.25) is 0 Å². The molecule has 0 aliphatic rings. The molecule has 0 saturated carbocycles. The fourth-order valence-electron chi connectivity index (χ4n) is 2.44. The Morgan fingerprint density at radius 3 is 2.47 bits per heavy atom. The van der Waals surface area contributed by atoms with Crippen LogP contribution in [-0.2, 0) is 7.05 Å². The van der Waals surface area contributed by atoms with Gasteiger partial charge < -0.3 is 10.6 Å². The van der Waals surface area contributed by atoms with E-state index in [9.17, 15) is 0 Å². The number of rotatable bonds is 8. The third-order valence-corrected chi connectivity index (χ3v) is 3.75. The lowest BCUT2D eigenvalue weighted by molar-refractivity contribution is 0.201. The molecule has 0 aliphatic carbocycles. The highest BCUT2D eigenvalue weighted by molar-refractivity contribution is 5.21. The van der Waals surface area contributed by atoms with Crippen molar-refractivity contribution in [2.45, 2.75) is 26.3 Å². The second-order valence-corrected chi connectivity index (χ2v) is 5.35. The summed E-state index contributed by atoms with van der Waals surface area (Å²) >= 11 is 0. The van der Waals surface area contributed by atoms with Gasteiger partial charge in [-0.1, -0.05) is 6.92 Å². The third-order valence-electron chi connectivity index (χ3n) is 3.75. The largest absolute Gasteiger partial charge is 0.329 e. The van der Waals surface area contributed by atoms with Crippen LogP contribution in [0.2, 0.25) is 0 Å². The van der Waals surface area contributed by atoms with Gasteiger partial charge in [0.05, 0.1) is 12.2 Å². The van der Waals surface area contributed by atoms with E-state index in [0.29, 0.717) is 6.54 Å². The number of aryl methyl sites for hydroxylation is 1. The topological polar surface area (TPSA) is 50.3 Å². The van der Waals surface area contributed by atoms with Crippen LogP contribution in [-0.4, -0.2) is 59.9 Å². The van der Waals surface area contributed by atoms with Crippen molar-refractivity contribution in [2.24, 2.45) is 12.8 Å². The maximum Gasteiger partial charge on any atom is 0.0540 e. The second kappa shape index (κ2) is 7.62. The van der Waals surface area contributed by atoms with E-state index in [-0.39, 0.29) is 6.04 Å². The van der Waals surface area contributed by atoms with E-state index in [1.54, 1.807) is 0 Å². The molecular formula is C14H29N5. The molecule has 1 rings (SSSR count). The molecule has 0 radical (unpaired) electrons. The minimum absolute atomic E-state index is 0.279. The molecule has 110 valence electrons. The molecule has 0 aliphatic heterocycles. The highest BCUT2D eigenvalue weighted by atomic mass is 15.3. The van der Waals surface area contributed by atoms with Crippen LogP contribution in [0, 0.1) is 6.92 Å². The molecule has 1 heterocycles. The van der Waals surface area contributed by atoms with Crippen molar-refractivity contribution in [3.05, 3.63) is 17.5 Å². The maximum absolute atomic E-state index is 6.00. The molecule has 19 heavy (non-hydrogen) atoms. The summed E-state index contributed by atoms with van der Waals surface area (Å²) in [4.78, 5) is 4.67. The van der Waals surface area contributed by atoms with Crippen LogP contribution >= 0.6 is 0 Å². The van der Waals surface area contributed by atoms with Crippen LogP contribution < -0.4 is 5.73 Å². The van der Waals surface area contributed by atoms with E-state index in [2.05, 4.69) is 42.8 Å². The Kier molecular flexibility index (Phi) is 6.48. The number of hydrogen-bond donors (Lipinski definition) is 1. The van der Waals surface area contributed by atoms with Gasteiger partial charge in [-0.25, -0.2) is 0 Å². The molecule has 5 nitrogen and oxygen atoms in total. The molecule has 0 saturated heterocycles. The Hall–Kier alpha value is -0.910. The number of likely N-dealkylation sites (N-methyl/N-ethyl adjacent to an activating group) is 1. The molecule has 1 unspecified atom stereocenters. The molecule has 5 heteroatoms. The zero-order chi connectivity index (χ0) is 14.4. The summed E-state index contributed by atoms with van der Waals surface area (Å²) in [5.41, 5.74) is 8.47. The second-order valence-electron chi connectivity index (χ2n) is 5.35. The van der Waals surface area contributed by atoms with Gasteiger partial charge in [0.15, 0.2) is 0 Å². The molecule has 0 aromatic carbocycles. The Bertz CT molecular complexity index is 372. The van der Waals surface area contributed by atoms with E-state index in [1.165, 1.54) is 11.3 Å². The first-order valence-electron chi connectivity index (χ1n) is 7.08. The fourth-order valence-corrected chi connectivity index (χ4v) is 2.44. The predicted molar refractivity (Wildman–Crippen MR) is 80.2 cm³/mol. The third kappa shape index (κ3) is 4.30. The van der Waals surface area contributed by atoms with Gasteiger partial charge in [0.1, 0.15) is 0 Å². The van der Waals surface area contributed by atoms with Gasteiger partial charge in [-0.15, -0.1) is 0 Å². The first-order chi connectivity index (χ1) is 9.01. The van der Waals surface area contributed by atoms with E-state index in [4.69, 9.17) is 5.73 Å². The summed E-state index contributed by atoms with van der Waals surface area (Å²) in [6.07, 6.45) is 3.12. The highest BCUT2D eigenvalue weighted by Gasteiger charge is 2.21. The molecular weight excluding hydrogens is 238 g/mol. The van der Waals surface area contributed by atoms with Crippen LogP contribution in [0.4, 0.5) is 0 Å². The quantitative estimate of drug-likeness (QED) is 0.763. The normalized spacial score (nSPS) is 13.5. The Morgan fingerprint density at radius 2 is 2.05 bits per heavy atom. The SMILES string of the molecule is CCN(CCCN(C)C)C(CN)c1cnn(C)c1C. The van der Waals surface area contributed by atoms with E-state index >= 15 is 0 Å². The summed E-state index contributed by atoms with van der Waals surface area (Å²) in [5, 5.41) is 4.34. The van der Waals surface area contributed by atoms with Gasteiger partial charge >= 0.3 is 0 Å². The van der Waals surface area contributed by atoms with Crippen molar-refractivity contribution in [3.63, 3.8) is 0 Å². The molecule has 0 bridgehead atoms. The molecule has 0 amide bonds. The minimum atomic E-state index is 0.279. The zero-order valence-corrected chi connectivity index (χ0v) is 13.1. The molecule has 1 aromatic rings. The van der Waals surface area contributed by atoms with Crippen molar-refractivity contribution in [1.29, 1.82) is 0 Å². The summed E-state index contributed by atoms with van der Waals surface area (Å²) in [6, 6.07) is 0.279. The lowest BCUT2D eigenvalue weighted by Crippen LogP contribution is -2.35. The van der Waals surface area contributed by atoms with Gasteiger partial charge in [-0.05, 0) is 40.5 Å². The van der Waals surface area contributed by atoms with Gasteiger partial charge in [0, 0.05) is 31.4 Å². The first kappa shape index (κ1) is 16.1. The molecule has 0 fully saturated rings. The van der Waals surface area contributed by atoms with Crippen molar-refractivity contribution >= 4 is 0 Å². The van der Waals surface area contributed by atoms with Gasteiger partial charge in [-0.2, -0.15) is 5.10 Å². The molecule has 2 N–H and O–H groups in total. The number of nitrogens with zero attached hydrogens (tertiary/aromatic N) is 4. The highest BCUT2D eigenvalue weighted by Crippen LogP contribution is 2.22. The zero-order valence-electron chi connectivity index (χ0n) is 13.1. The van der Waals surface area contributed by atoms with Crippen LogP contribution in [0.3, 0.4) is 0 Å². The van der Waals surface area contributed by atoms with Crippen molar-refractivity contribution < 1.29 is 0 Å². The van der Waals surface area contributed by atoms with Crippen LogP contribution in [0.15, 0.2) is 6.20 Å². The summed E-state index contributed by atoms with van der Waals surface area (Å²) in [5.74, 6) is 0. The van der Waals surface area contributed by atoms with E-state index in [1.807, 2.05) is 17.9 Å². The maximum atomic E-state index is 6.00. The number of hydrogen-bond acceptors (Lipinski definition) is 4. The number of nitrogens with two attached hydrogens (primary N) is 1. The minimum Gasteiger partial charge on any atom is -0.329 e. The van der Waals surface area contributed by atoms with Crippen molar-refractivity contribution in [3.8, 4) is 0 Å². The average molecular weight is 267 g/mol. The number of aromatic nitrogens is 2. The average Bonchev–Trinajstić information content (AvgIpc) is 2.69. The Labute approximate surface area is 117 Å². The molecule has 1 aromatic heterocycles. The Balaban J connectivity index is 2.72. The summed E-state index contributed by atoms with van der Waals surface area (Å²) in [7, 11) is 6.21. The fraction of sp³-hybridized carbons (Fsp3) is 0.786. The van der Waals surface area contributed by atoms with Crippen LogP contribution in [0.5, 0.6) is 0 Å². The monoisotopic (exact) mass is 267 g/mol. The van der Waals surface area contributed by atoms with Gasteiger partial charge in [0.25, 0.3) is 0 Å². The summed E-state index contributed by atoms with van der Waals surface area (Å²) in [6.45, 7) is 8.15. The smallest absolute Gasteiger partial charge is 0.0540 e. The standard InChI is InChI=1S/C14H29N5/c1-6-19(9-7-8-17(3)4)14(10-15)13-11-16-18(5)12(13)2/h11,14H,6-10,15H2,1-5H3. The van der Waals surface area contributed by atoms with E-state index in [0.717, 1.165) is 26.1 Å². The van der Waals surface area contributed by atoms with E-state index < -0.39 is 0 Å². The van der Waals surface area contributed by atoms with Crippen molar-refractivity contribution in [2.75, 3.05) is 40.3 Å². The van der Waals surface area contributed by atoms with Crippen LogP contribution in [0.1, 0.15) is 30.6 Å². The molecule has 0 spiro atoms. The lowest BCUT2D eigenvalue weighted by atomic mass is 10.1. The van der Waals surface area contributed by atoms with Crippen LogP contribution in [0.25, 0.3) is 0 Å². The first-order valence-corrected chi connectivity index (χ1v) is 7.08. The summed E-state index contributed by atoms with van der Waals surface area (Å²) < 4.78 is 1.92. The Morgan fingerprint density at radius 1 is 1.37 bits per heavy atom. The lowest BCUT2D eigenvalue weighted by Gasteiger charge is -2.30. The van der Waals surface area contributed by atoms with Crippen molar-refractivity contribution in [1.82, 2.24) is 19.6 Å². The predicted octanol–water partition coefficient (Wildman–Crippen LogP) is 1.00. The molecule has 1 atom stereocenters. The van der Waals surface area contributed by atoms with Gasteiger partial charge in [-0.3, -0.25) is 9.58 Å².